The van der Waals surface area contributed by atoms with Gasteiger partial charge in [0, 0.05) is 5.92 Å². The Labute approximate surface area is 92.5 Å². The van der Waals surface area contributed by atoms with Crippen molar-refractivity contribution in [1.29, 1.82) is 0 Å². The highest BCUT2D eigenvalue weighted by Crippen LogP contribution is 2.34. The van der Waals surface area contributed by atoms with Crippen molar-refractivity contribution in [3.05, 3.63) is 48.6 Å². The van der Waals surface area contributed by atoms with Crippen LogP contribution in [0, 0.1) is 5.92 Å². The summed E-state index contributed by atoms with van der Waals surface area (Å²) in [5, 5.41) is 10.2. The average molecular weight is 204 g/mol. The quantitative estimate of drug-likeness (QED) is 0.680. The highest BCUT2D eigenvalue weighted by atomic mass is 16.3. The van der Waals surface area contributed by atoms with Crippen LogP contribution in [-0.2, 0) is 0 Å². The average Bonchev–Trinajstić information content (AvgIpc) is 2.67. The van der Waals surface area contributed by atoms with E-state index in [9.17, 15) is 5.11 Å². The number of aliphatic hydroxyl groups is 1. The first-order chi connectivity index (χ1) is 7.11. The van der Waals surface area contributed by atoms with Crippen LogP contribution in [0.3, 0.4) is 0 Å². The lowest BCUT2D eigenvalue weighted by molar-refractivity contribution is 0.181. The Morgan fingerprint density at radius 3 is 2.40 bits per heavy atom. The summed E-state index contributed by atoms with van der Waals surface area (Å²) in [5.74, 6) is -0.0487. The molecule has 0 saturated carbocycles. The second-order valence-electron chi connectivity index (χ2n) is 4.13. The maximum absolute atomic E-state index is 10.2. The molecule has 1 unspecified atom stereocenters. The predicted octanol–water partition coefficient (Wildman–Crippen LogP) is 3.39. The van der Waals surface area contributed by atoms with Gasteiger partial charge in [-0.25, -0.2) is 0 Å². The van der Waals surface area contributed by atoms with Crippen molar-refractivity contribution >= 4 is 0 Å². The standard InChI is InChI=1S/C14H20O/c1-5-11(6-2)14(15)13-9-7-8-12(13)10(3)4/h5-6,11,14-15H,1-3,7-9H2,4H3. The molecule has 1 aliphatic carbocycles. The van der Waals surface area contributed by atoms with Crippen LogP contribution in [0.4, 0.5) is 0 Å². The highest BCUT2D eigenvalue weighted by Gasteiger charge is 2.24. The molecule has 0 fully saturated rings. The molecule has 0 aliphatic heterocycles. The van der Waals surface area contributed by atoms with Gasteiger partial charge < -0.3 is 5.11 Å². The third-order valence-corrected chi connectivity index (χ3v) is 3.04. The van der Waals surface area contributed by atoms with Crippen LogP contribution in [-0.4, -0.2) is 11.2 Å². The largest absolute Gasteiger partial charge is 0.388 e. The summed E-state index contributed by atoms with van der Waals surface area (Å²) in [6.07, 6.45) is 6.17. The lowest BCUT2D eigenvalue weighted by Crippen LogP contribution is -2.19. The van der Waals surface area contributed by atoms with Gasteiger partial charge in [-0.05, 0) is 37.3 Å². The van der Waals surface area contributed by atoms with Gasteiger partial charge >= 0.3 is 0 Å². The summed E-state index contributed by atoms with van der Waals surface area (Å²) in [6.45, 7) is 13.4. The molecule has 0 saturated heterocycles. The molecule has 1 aliphatic rings. The Bertz CT molecular complexity index is 301. The summed E-state index contributed by atoms with van der Waals surface area (Å²) in [7, 11) is 0. The Balaban J connectivity index is 2.94. The van der Waals surface area contributed by atoms with E-state index in [1.165, 1.54) is 5.57 Å². The fourth-order valence-corrected chi connectivity index (χ4v) is 2.17. The third-order valence-electron chi connectivity index (χ3n) is 3.04. The van der Waals surface area contributed by atoms with Gasteiger partial charge in [0.2, 0.25) is 0 Å². The summed E-state index contributed by atoms with van der Waals surface area (Å²) in [6, 6.07) is 0. The minimum absolute atomic E-state index is 0.0487. The maximum atomic E-state index is 10.2. The molecule has 0 aromatic heterocycles. The van der Waals surface area contributed by atoms with E-state index >= 15 is 0 Å². The van der Waals surface area contributed by atoms with Gasteiger partial charge in [-0.15, -0.1) is 13.2 Å². The molecule has 15 heavy (non-hydrogen) atoms. The summed E-state index contributed by atoms with van der Waals surface area (Å²) >= 11 is 0. The Hall–Kier alpha value is -1.08. The summed E-state index contributed by atoms with van der Waals surface area (Å²) in [5.41, 5.74) is 3.46. The van der Waals surface area contributed by atoms with Crippen LogP contribution in [0.15, 0.2) is 48.6 Å². The van der Waals surface area contributed by atoms with Crippen molar-refractivity contribution in [3.8, 4) is 0 Å². The molecule has 0 amide bonds. The fraction of sp³-hybridized carbons (Fsp3) is 0.429. The molecule has 1 rings (SSSR count). The first kappa shape index (κ1) is 12.0. The molecule has 0 spiro atoms. The van der Waals surface area contributed by atoms with Crippen molar-refractivity contribution in [1.82, 2.24) is 0 Å². The van der Waals surface area contributed by atoms with Gasteiger partial charge in [0.1, 0.15) is 0 Å². The summed E-state index contributed by atoms with van der Waals surface area (Å²) < 4.78 is 0. The zero-order valence-electron chi connectivity index (χ0n) is 9.50. The Morgan fingerprint density at radius 1 is 1.33 bits per heavy atom. The molecule has 1 atom stereocenters. The van der Waals surface area contributed by atoms with Crippen molar-refractivity contribution in [2.24, 2.45) is 5.92 Å². The van der Waals surface area contributed by atoms with Crippen LogP contribution in [0.25, 0.3) is 0 Å². The molecule has 0 bridgehead atoms. The molecule has 1 heteroatoms. The van der Waals surface area contributed by atoms with E-state index in [1.54, 1.807) is 12.2 Å². The molecular formula is C14H20O. The van der Waals surface area contributed by atoms with Crippen LogP contribution >= 0.6 is 0 Å². The van der Waals surface area contributed by atoms with Gasteiger partial charge in [0.05, 0.1) is 6.10 Å². The van der Waals surface area contributed by atoms with Crippen LogP contribution in [0.1, 0.15) is 26.2 Å². The molecule has 0 radical (unpaired) electrons. The molecular weight excluding hydrogens is 184 g/mol. The smallest absolute Gasteiger partial charge is 0.0852 e. The van der Waals surface area contributed by atoms with Crippen molar-refractivity contribution < 1.29 is 5.11 Å². The normalized spacial score (nSPS) is 18.1. The molecule has 1 N–H and O–H groups in total. The number of allylic oxidation sites excluding steroid dienone is 2. The second-order valence-corrected chi connectivity index (χ2v) is 4.13. The first-order valence-electron chi connectivity index (χ1n) is 5.42. The van der Waals surface area contributed by atoms with Gasteiger partial charge in [-0.3, -0.25) is 0 Å². The highest BCUT2D eigenvalue weighted by molar-refractivity contribution is 5.38. The predicted molar refractivity (Wildman–Crippen MR) is 65.6 cm³/mol. The van der Waals surface area contributed by atoms with E-state index in [4.69, 9.17) is 0 Å². The minimum Gasteiger partial charge on any atom is -0.388 e. The van der Waals surface area contributed by atoms with Crippen LogP contribution in [0.5, 0.6) is 0 Å². The van der Waals surface area contributed by atoms with E-state index in [2.05, 4.69) is 19.7 Å². The minimum atomic E-state index is -0.464. The zero-order chi connectivity index (χ0) is 11.4. The number of rotatable bonds is 5. The van der Waals surface area contributed by atoms with Crippen LogP contribution < -0.4 is 0 Å². The number of hydrogen-bond donors (Lipinski definition) is 1. The number of aliphatic hydroxyl groups excluding tert-OH is 1. The Morgan fingerprint density at radius 2 is 1.93 bits per heavy atom. The Kier molecular flexibility index (Phi) is 4.10. The van der Waals surface area contributed by atoms with Gasteiger partial charge in [0.15, 0.2) is 0 Å². The van der Waals surface area contributed by atoms with Gasteiger partial charge in [-0.2, -0.15) is 0 Å². The monoisotopic (exact) mass is 204 g/mol. The van der Waals surface area contributed by atoms with Crippen molar-refractivity contribution in [2.75, 3.05) is 0 Å². The van der Waals surface area contributed by atoms with Crippen LogP contribution in [0.2, 0.25) is 0 Å². The zero-order valence-corrected chi connectivity index (χ0v) is 9.50. The van der Waals surface area contributed by atoms with E-state index < -0.39 is 6.10 Å². The van der Waals surface area contributed by atoms with Crippen molar-refractivity contribution in [3.63, 3.8) is 0 Å². The molecule has 0 aromatic carbocycles. The molecule has 0 heterocycles. The fourth-order valence-electron chi connectivity index (χ4n) is 2.17. The lowest BCUT2D eigenvalue weighted by Gasteiger charge is -2.19. The maximum Gasteiger partial charge on any atom is 0.0852 e. The molecule has 82 valence electrons. The third kappa shape index (κ3) is 2.48. The molecule has 1 nitrogen and oxygen atoms in total. The second kappa shape index (κ2) is 5.13. The number of hydrogen-bond acceptors (Lipinski definition) is 1. The van der Waals surface area contributed by atoms with E-state index in [0.29, 0.717) is 0 Å². The molecule has 0 aromatic rings. The van der Waals surface area contributed by atoms with Crippen molar-refractivity contribution in [2.45, 2.75) is 32.3 Å². The first-order valence-corrected chi connectivity index (χ1v) is 5.42. The van der Waals surface area contributed by atoms with E-state index in [0.717, 1.165) is 30.4 Å². The lowest BCUT2D eigenvalue weighted by atomic mass is 9.92. The topological polar surface area (TPSA) is 20.2 Å². The van der Waals surface area contributed by atoms with Gasteiger partial charge in [-0.1, -0.05) is 24.3 Å². The summed E-state index contributed by atoms with van der Waals surface area (Å²) in [4.78, 5) is 0. The van der Waals surface area contributed by atoms with Gasteiger partial charge in [0.25, 0.3) is 0 Å². The van der Waals surface area contributed by atoms with E-state index in [-0.39, 0.29) is 5.92 Å². The van der Waals surface area contributed by atoms with E-state index in [1.807, 2.05) is 6.92 Å². The SMILES string of the molecule is C=CC(C=C)C(O)C1=C(C(=C)C)CCC1.